The second kappa shape index (κ2) is 7.47. The van der Waals surface area contributed by atoms with Crippen LogP contribution in [0.5, 0.6) is 0 Å². The molecule has 0 bridgehead atoms. The molecular formula is C22H15N3O3S2. The van der Waals surface area contributed by atoms with Crippen molar-refractivity contribution in [3.8, 4) is 9.88 Å². The number of thiophene rings is 1. The lowest BCUT2D eigenvalue weighted by atomic mass is 10.3. The lowest BCUT2D eigenvalue weighted by Gasteiger charge is -2.07. The van der Waals surface area contributed by atoms with Crippen molar-refractivity contribution < 1.29 is 9.53 Å². The van der Waals surface area contributed by atoms with Crippen molar-refractivity contribution in [3.05, 3.63) is 87.3 Å². The van der Waals surface area contributed by atoms with E-state index in [9.17, 15) is 9.59 Å². The maximum atomic E-state index is 12.5. The van der Waals surface area contributed by atoms with Crippen LogP contribution in [0.15, 0.2) is 65.5 Å². The first-order valence-electron chi connectivity index (χ1n) is 9.20. The number of carbonyl (C=O) groups excluding carboxylic acids is 1. The average molecular weight is 434 g/mol. The summed E-state index contributed by atoms with van der Waals surface area (Å²) in [7, 11) is 0. The van der Waals surface area contributed by atoms with Crippen LogP contribution < -0.4 is 5.56 Å². The zero-order valence-corrected chi connectivity index (χ0v) is 17.5. The summed E-state index contributed by atoms with van der Waals surface area (Å²) >= 11 is 2.93. The van der Waals surface area contributed by atoms with E-state index in [4.69, 9.17) is 4.74 Å². The van der Waals surface area contributed by atoms with E-state index in [1.807, 2.05) is 49.4 Å². The summed E-state index contributed by atoms with van der Waals surface area (Å²) in [6.07, 6.45) is 0. The predicted octanol–water partition coefficient (Wildman–Crippen LogP) is 4.70. The number of aromatic nitrogens is 3. The fraction of sp³-hybridized carbons (Fsp3) is 0.0909. The van der Waals surface area contributed by atoms with Gasteiger partial charge in [-0.2, -0.15) is 0 Å². The minimum atomic E-state index is -0.446. The molecule has 5 rings (SSSR count). The Morgan fingerprint density at radius 1 is 1.03 bits per heavy atom. The summed E-state index contributed by atoms with van der Waals surface area (Å²) in [5.41, 5.74) is 2.50. The molecule has 1 aromatic carbocycles. The third-order valence-electron chi connectivity index (χ3n) is 4.60. The number of hydrogen-bond acceptors (Lipinski definition) is 7. The van der Waals surface area contributed by atoms with Crippen LogP contribution in [0.2, 0.25) is 0 Å². The van der Waals surface area contributed by atoms with Crippen LogP contribution >= 0.6 is 22.7 Å². The Bertz CT molecular complexity index is 1430. The first-order valence-corrected chi connectivity index (χ1v) is 10.8. The third kappa shape index (κ3) is 3.40. The number of carbonyl (C=O) groups is 1. The van der Waals surface area contributed by atoms with Gasteiger partial charge in [-0.1, -0.05) is 18.2 Å². The van der Waals surface area contributed by atoms with E-state index >= 15 is 0 Å². The Labute approximate surface area is 179 Å². The summed E-state index contributed by atoms with van der Waals surface area (Å²) < 4.78 is 8.03. The highest BCUT2D eigenvalue weighted by Gasteiger charge is 2.15. The molecule has 4 aromatic heterocycles. The number of benzene rings is 1. The van der Waals surface area contributed by atoms with E-state index in [0.717, 1.165) is 25.8 Å². The minimum absolute atomic E-state index is 0.0626. The Morgan fingerprint density at radius 2 is 1.90 bits per heavy atom. The molecule has 30 heavy (non-hydrogen) atoms. The molecule has 0 aliphatic rings. The fourth-order valence-corrected chi connectivity index (χ4v) is 5.11. The van der Waals surface area contributed by atoms with Gasteiger partial charge in [0.1, 0.15) is 22.1 Å². The summed E-state index contributed by atoms with van der Waals surface area (Å²) in [6.45, 7) is 1.78. The van der Waals surface area contributed by atoms with Gasteiger partial charge in [-0.25, -0.2) is 14.8 Å². The molecule has 0 amide bonds. The first-order chi connectivity index (χ1) is 14.6. The summed E-state index contributed by atoms with van der Waals surface area (Å²) in [6, 6.07) is 18.4. The number of ether oxygens (including phenoxy) is 1. The van der Waals surface area contributed by atoms with Crippen LogP contribution in [0.4, 0.5) is 0 Å². The van der Waals surface area contributed by atoms with Crippen molar-refractivity contribution in [2.45, 2.75) is 13.5 Å². The van der Waals surface area contributed by atoms with Crippen molar-refractivity contribution in [2.24, 2.45) is 0 Å². The predicted molar refractivity (Wildman–Crippen MR) is 118 cm³/mol. The fourth-order valence-electron chi connectivity index (χ4n) is 3.19. The first kappa shape index (κ1) is 18.7. The van der Waals surface area contributed by atoms with Gasteiger partial charge in [-0.15, -0.1) is 22.7 Å². The molecule has 0 N–H and O–H groups in total. The van der Waals surface area contributed by atoms with E-state index in [0.29, 0.717) is 16.2 Å². The van der Waals surface area contributed by atoms with Crippen molar-refractivity contribution >= 4 is 44.5 Å². The zero-order chi connectivity index (χ0) is 20.7. The highest BCUT2D eigenvalue weighted by atomic mass is 32.1. The molecule has 0 atom stereocenters. The number of fused-ring (bicyclic) bond motifs is 2. The molecule has 0 fully saturated rings. The molecule has 0 saturated heterocycles. The van der Waals surface area contributed by atoms with Gasteiger partial charge < -0.3 is 4.74 Å². The van der Waals surface area contributed by atoms with E-state index < -0.39 is 5.97 Å². The molecule has 0 saturated carbocycles. The average Bonchev–Trinajstić information content (AvgIpc) is 3.39. The lowest BCUT2D eigenvalue weighted by Crippen LogP contribution is -2.18. The number of thiazole rings is 1. The highest BCUT2D eigenvalue weighted by molar-refractivity contribution is 7.26. The van der Waals surface area contributed by atoms with E-state index in [1.165, 1.54) is 21.8 Å². The topological polar surface area (TPSA) is 73.6 Å². The number of esters is 1. The Balaban J connectivity index is 1.34. The maximum Gasteiger partial charge on any atom is 0.348 e. The van der Waals surface area contributed by atoms with Gasteiger partial charge in [0.2, 0.25) is 0 Å². The zero-order valence-electron chi connectivity index (χ0n) is 15.9. The second-order valence-electron chi connectivity index (χ2n) is 6.67. The normalized spacial score (nSPS) is 11.2. The van der Waals surface area contributed by atoms with E-state index in [1.54, 1.807) is 23.5 Å². The Kier molecular flexibility index (Phi) is 4.65. The van der Waals surface area contributed by atoms with Crippen molar-refractivity contribution in [1.29, 1.82) is 0 Å². The van der Waals surface area contributed by atoms with Gasteiger partial charge >= 0.3 is 5.97 Å². The highest BCUT2D eigenvalue weighted by Crippen LogP contribution is 2.34. The van der Waals surface area contributed by atoms with Gasteiger partial charge in [0, 0.05) is 11.8 Å². The van der Waals surface area contributed by atoms with E-state index in [-0.39, 0.29) is 12.2 Å². The molecule has 0 aliphatic heterocycles. The maximum absolute atomic E-state index is 12.5. The number of hydrogen-bond donors (Lipinski definition) is 0. The smallest absolute Gasteiger partial charge is 0.348 e. The van der Waals surface area contributed by atoms with Crippen LogP contribution in [-0.4, -0.2) is 20.3 Å². The van der Waals surface area contributed by atoms with Crippen molar-refractivity contribution in [3.63, 3.8) is 0 Å². The SMILES string of the molecule is Cc1cccc2nc(COC(=O)c3ccc(-c4nc5ccccc5s4)s3)cc(=O)n12. The van der Waals surface area contributed by atoms with Gasteiger partial charge in [0.05, 0.1) is 20.8 Å². The standard InChI is InChI=1S/C22H15N3O3S2/c1-13-5-4-8-19-23-14(11-20(26)25(13)19)12-28-22(27)18-10-9-17(29-18)21-24-15-6-2-3-7-16(15)30-21/h2-11H,12H2,1H3. The largest absolute Gasteiger partial charge is 0.455 e. The van der Waals surface area contributed by atoms with Gasteiger partial charge in [-0.05, 0) is 43.3 Å². The number of para-hydroxylation sites is 1. The van der Waals surface area contributed by atoms with Crippen LogP contribution in [0.1, 0.15) is 21.1 Å². The molecular weight excluding hydrogens is 418 g/mol. The van der Waals surface area contributed by atoms with Gasteiger partial charge in [0.25, 0.3) is 5.56 Å². The number of aryl methyl sites for hydroxylation is 1. The monoisotopic (exact) mass is 433 g/mol. The molecule has 0 spiro atoms. The second-order valence-corrected chi connectivity index (χ2v) is 8.79. The van der Waals surface area contributed by atoms with E-state index in [2.05, 4.69) is 9.97 Å². The molecule has 0 radical (unpaired) electrons. The third-order valence-corrected chi connectivity index (χ3v) is 6.87. The molecule has 5 aromatic rings. The van der Waals surface area contributed by atoms with Gasteiger partial charge in [-0.3, -0.25) is 9.20 Å². The summed E-state index contributed by atoms with van der Waals surface area (Å²) in [5.74, 6) is -0.446. The minimum Gasteiger partial charge on any atom is -0.455 e. The Hall–Kier alpha value is -3.36. The number of rotatable bonds is 4. The number of pyridine rings is 1. The van der Waals surface area contributed by atoms with Crippen LogP contribution in [0, 0.1) is 6.92 Å². The van der Waals surface area contributed by atoms with Gasteiger partial charge in [0.15, 0.2) is 0 Å². The molecule has 0 aliphatic carbocycles. The molecule has 4 heterocycles. The lowest BCUT2D eigenvalue weighted by molar-refractivity contribution is 0.0473. The molecule has 0 unspecified atom stereocenters. The quantitative estimate of drug-likeness (QED) is 0.384. The molecule has 148 valence electrons. The van der Waals surface area contributed by atoms with Crippen molar-refractivity contribution in [2.75, 3.05) is 0 Å². The number of nitrogens with zero attached hydrogens (tertiary/aromatic N) is 3. The van der Waals surface area contributed by atoms with Crippen LogP contribution in [-0.2, 0) is 11.3 Å². The summed E-state index contributed by atoms with van der Waals surface area (Å²) in [4.78, 5) is 35.3. The molecule has 8 heteroatoms. The van der Waals surface area contributed by atoms with Crippen LogP contribution in [0.3, 0.4) is 0 Å². The molecule has 6 nitrogen and oxygen atoms in total. The van der Waals surface area contributed by atoms with Crippen LogP contribution in [0.25, 0.3) is 25.7 Å². The summed E-state index contributed by atoms with van der Waals surface area (Å²) in [5, 5.41) is 0.875. The van der Waals surface area contributed by atoms with Crippen molar-refractivity contribution in [1.82, 2.24) is 14.4 Å². The Morgan fingerprint density at radius 3 is 2.77 bits per heavy atom.